The van der Waals surface area contributed by atoms with Crippen molar-refractivity contribution < 1.29 is 13.2 Å². The predicted octanol–water partition coefficient (Wildman–Crippen LogP) is 0.785. The summed E-state index contributed by atoms with van der Waals surface area (Å²) in [6, 6.07) is -0.0440. The molecule has 1 aliphatic heterocycles. The number of aromatic nitrogens is 2. The largest absolute Gasteiger partial charge is 0.352 e. The molecule has 0 bridgehead atoms. The van der Waals surface area contributed by atoms with Crippen molar-refractivity contribution in [3.63, 3.8) is 0 Å². The van der Waals surface area contributed by atoms with Crippen LogP contribution < -0.4 is 10.2 Å². The van der Waals surface area contributed by atoms with Gasteiger partial charge in [0.15, 0.2) is 0 Å². The molecule has 0 unspecified atom stereocenters. The van der Waals surface area contributed by atoms with Gasteiger partial charge >= 0.3 is 0 Å². The Morgan fingerprint density at radius 1 is 1.40 bits per heavy atom. The maximum Gasteiger partial charge on any atom is 0.254 e. The highest BCUT2D eigenvalue weighted by atomic mass is 32.2. The zero-order valence-electron chi connectivity index (χ0n) is 15.3. The summed E-state index contributed by atoms with van der Waals surface area (Å²) in [5, 5.41) is 2.85. The van der Waals surface area contributed by atoms with Crippen LogP contribution in [0.3, 0.4) is 0 Å². The summed E-state index contributed by atoms with van der Waals surface area (Å²) in [6.45, 7) is 2.76. The lowest BCUT2D eigenvalue weighted by molar-refractivity contribution is 0.0948. The van der Waals surface area contributed by atoms with E-state index in [0.29, 0.717) is 36.7 Å². The molecule has 2 heterocycles. The molecule has 2 rings (SSSR count). The van der Waals surface area contributed by atoms with Crippen molar-refractivity contribution in [3.8, 4) is 0 Å². The van der Waals surface area contributed by atoms with E-state index < -0.39 is 10.0 Å². The zero-order valence-corrected chi connectivity index (χ0v) is 16.1. The average molecular weight is 369 g/mol. The molecule has 0 aliphatic carbocycles. The van der Waals surface area contributed by atoms with Gasteiger partial charge in [-0.25, -0.2) is 18.4 Å². The number of sulfonamides is 1. The lowest BCUT2D eigenvalue weighted by Gasteiger charge is -2.33. The third kappa shape index (κ3) is 5.12. The molecule has 0 spiro atoms. The number of nitrogens with zero attached hydrogens (tertiary/aromatic N) is 4. The van der Waals surface area contributed by atoms with Gasteiger partial charge in [-0.3, -0.25) is 4.79 Å². The van der Waals surface area contributed by atoms with Crippen LogP contribution in [0.1, 0.15) is 41.7 Å². The van der Waals surface area contributed by atoms with E-state index in [9.17, 15) is 13.2 Å². The second-order valence-electron chi connectivity index (χ2n) is 6.63. The molecule has 9 heteroatoms. The topological polar surface area (TPSA) is 95.5 Å². The number of hydrogen-bond donors (Lipinski definition) is 1. The van der Waals surface area contributed by atoms with Crippen LogP contribution >= 0.6 is 0 Å². The normalized spacial score (nSPS) is 18.8. The molecule has 1 amide bonds. The smallest absolute Gasteiger partial charge is 0.254 e. The first-order chi connectivity index (χ1) is 11.7. The van der Waals surface area contributed by atoms with Crippen molar-refractivity contribution in [1.29, 1.82) is 0 Å². The first-order valence-electron chi connectivity index (χ1n) is 8.46. The SMILES string of the molecule is Cc1nc(N(C)C)ncc1C(=O)NCC[C@H]1CCCCN1S(C)(=O)=O. The van der Waals surface area contributed by atoms with Gasteiger partial charge in [-0.15, -0.1) is 0 Å². The minimum Gasteiger partial charge on any atom is -0.352 e. The fraction of sp³-hybridized carbons (Fsp3) is 0.688. The van der Waals surface area contributed by atoms with Crippen LogP contribution in [0.5, 0.6) is 0 Å². The Balaban J connectivity index is 1.94. The Morgan fingerprint density at radius 3 is 2.72 bits per heavy atom. The standard InChI is InChI=1S/C16H27N5O3S/c1-12-14(11-18-16(19-12)20(2)3)15(22)17-9-8-13-7-5-6-10-21(13)25(4,23)24/h11,13H,5-10H2,1-4H3,(H,17,22)/t13-/m1/s1. The summed E-state index contributed by atoms with van der Waals surface area (Å²) in [6.07, 6.45) is 6.12. The number of anilines is 1. The van der Waals surface area contributed by atoms with Gasteiger partial charge in [-0.05, 0) is 26.2 Å². The van der Waals surface area contributed by atoms with E-state index in [1.807, 2.05) is 14.1 Å². The quantitative estimate of drug-likeness (QED) is 0.796. The fourth-order valence-corrected chi connectivity index (χ4v) is 4.25. The minimum absolute atomic E-state index is 0.0440. The van der Waals surface area contributed by atoms with Gasteiger partial charge in [0.2, 0.25) is 16.0 Å². The van der Waals surface area contributed by atoms with Crippen molar-refractivity contribution in [2.75, 3.05) is 38.3 Å². The summed E-state index contributed by atoms with van der Waals surface area (Å²) in [7, 11) is 0.477. The van der Waals surface area contributed by atoms with Gasteiger partial charge in [0, 0.05) is 39.4 Å². The molecule has 1 N–H and O–H groups in total. The number of amides is 1. The molecule has 0 aromatic carbocycles. The molecule has 1 aliphatic rings. The van der Waals surface area contributed by atoms with Crippen LogP contribution in [0, 0.1) is 6.92 Å². The molecule has 0 radical (unpaired) electrons. The van der Waals surface area contributed by atoms with Gasteiger partial charge in [-0.2, -0.15) is 4.31 Å². The molecule has 1 saturated heterocycles. The zero-order chi connectivity index (χ0) is 18.6. The number of piperidine rings is 1. The van der Waals surface area contributed by atoms with Crippen LogP contribution in [0.15, 0.2) is 6.20 Å². The monoisotopic (exact) mass is 369 g/mol. The Labute approximate surface area is 149 Å². The van der Waals surface area contributed by atoms with Gasteiger partial charge in [-0.1, -0.05) is 6.42 Å². The maximum absolute atomic E-state index is 12.3. The number of hydrogen-bond acceptors (Lipinski definition) is 6. The number of rotatable bonds is 6. The summed E-state index contributed by atoms with van der Waals surface area (Å²) in [4.78, 5) is 22.6. The highest BCUT2D eigenvalue weighted by Crippen LogP contribution is 2.22. The lowest BCUT2D eigenvalue weighted by atomic mass is 10.0. The first kappa shape index (κ1) is 19.6. The van der Waals surface area contributed by atoms with Crippen molar-refractivity contribution in [2.24, 2.45) is 0 Å². The van der Waals surface area contributed by atoms with Gasteiger partial charge in [0.05, 0.1) is 17.5 Å². The van der Waals surface area contributed by atoms with E-state index in [4.69, 9.17) is 0 Å². The first-order valence-corrected chi connectivity index (χ1v) is 10.3. The third-order valence-corrected chi connectivity index (χ3v) is 5.71. The number of nitrogens with one attached hydrogen (secondary N) is 1. The number of carbonyl (C=O) groups is 1. The molecular weight excluding hydrogens is 342 g/mol. The molecule has 1 aromatic heterocycles. The third-order valence-electron chi connectivity index (χ3n) is 4.37. The summed E-state index contributed by atoms with van der Waals surface area (Å²) in [5.74, 6) is 0.324. The van der Waals surface area contributed by atoms with Crippen molar-refractivity contribution >= 4 is 21.9 Å². The second kappa shape index (κ2) is 8.09. The van der Waals surface area contributed by atoms with Gasteiger partial charge in [0.25, 0.3) is 5.91 Å². The van der Waals surface area contributed by atoms with E-state index >= 15 is 0 Å². The van der Waals surface area contributed by atoms with E-state index in [-0.39, 0.29) is 11.9 Å². The molecule has 1 aromatic rings. The van der Waals surface area contributed by atoms with Crippen molar-refractivity contribution in [1.82, 2.24) is 19.6 Å². The molecular formula is C16H27N5O3S. The average Bonchev–Trinajstić information content (AvgIpc) is 2.54. The van der Waals surface area contributed by atoms with Crippen LogP contribution in [0.25, 0.3) is 0 Å². The van der Waals surface area contributed by atoms with Crippen LogP contribution in [-0.4, -0.2) is 68.1 Å². The Bertz CT molecular complexity index is 720. The van der Waals surface area contributed by atoms with E-state index in [0.717, 1.165) is 19.3 Å². The van der Waals surface area contributed by atoms with Crippen molar-refractivity contribution in [3.05, 3.63) is 17.5 Å². The van der Waals surface area contributed by atoms with Crippen molar-refractivity contribution in [2.45, 2.75) is 38.6 Å². The van der Waals surface area contributed by atoms with Crippen LogP contribution in [0.2, 0.25) is 0 Å². The summed E-state index contributed by atoms with van der Waals surface area (Å²) < 4.78 is 25.3. The minimum atomic E-state index is -3.20. The predicted molar refractivity (Wildman–Crippen MR) is 97.2 cm³/mol. The lowest BCUT2D eigenvalue weighted by Crippen LogP contribution is -2.44. The molecule has 0 saturated carbocycles. The Hall–Kier alpha value is -1.74. The Morgan fingerprint density at radius 2 is 2.12 bits per heavy atom. The number of aryl methyl sites for hydroxylation is 1. The highest BCUT2D eigenvalue weighted by molar-refractivity contribution is 7.88. The second-order valence-corrected chi connectivity index (χ2v) is 8.57. The molecule has 1 fully saturated rings. The molecule has 25 heavy (non-hydrogen) atoms. The van der Waals surface area contributed by atoms with E-state index in [1.165, 1.54) is 12.5 Å². The molecule has 1 atom stereocenters. The maximum atomic E-state index is 12.3. The summed E-state index contributed by atoms with van der Waals surface area (Å²) in [5.41, 5.74) is 1.06. The summed E-state index contributed by atoms with van der Waals surface area (Å²) >= 11 is 0. The van der Waals surface area contributed by atoms with Crippen LogP contribution in [0.4, 0.5) is 5.95 Å². The molecule has 8 nitrogen and oxygen atoms in total. The Kier molecular flexibility index (Phi) is 6.34. The van der Waals surface area contributed by atoms with Gasteiger partial charge in [0.1, 0.15) is 0 Å². The molecule has 140 valence electrons. The van der Waals surface area contributed by atoms with E-state index in [2.05, 4.69) is 15.3 Å². The van der Waals surface area contributed by atoms with E-state index in [1.54, 1.807) is 16.1 Å². The number of carbonyl (C=O) groups excluding carboxylic acids is 1. The fourth-order valence-electron chi connectivity index (χ4n) is 3.04. The van der Waals surface area contributed by atoms with Crippen LogP contribution in [-0.2, 0) is 10.0 Å². The van der Waals surface area contributed by atoms with Gasteiger partial charge < -0.3 is 10.2 Å². The highest BCUT2D eigenvalue weighted by Gasteiger charge is 2.29.